The summed E-state index contributed by atoms with van der Waals surface area (Å²) in [5, 5.41) is 9.61. The fourth-order valence-corrected chi connectivity index (χ4v) is 1.97. The van der Waals surface area contributed by atoms with Crippen LogP contribution >= 0.6 is 12.2 Å². The summed E-state index contributed by atoms with van der Waals surface area (Å²) in [4.78, 5) is 2.30. The minimum atomic E-state index is -0.492. The van der Waals surface area contributed by atoms with Crippen molar-refractivity contribution >= 4 is 17.2 Å². The second kappa shape index (κ2) is 8.86. The van der Waals surface area contributed by atoms with Crippen LogP contribution in [0.15, 0.2) is 24.3 Å². The van der Waals surface area contributed by atoms with E-state index in [4.69, 9.17) is 27.4 Å². The summed E-state index contributed by atoms with van der Waals surface area (Å²) < 4.78 is 10.6. The number of aliphatic hydroxyl groups excluding tert-OH is 1. The molecule has 0 aliphatic heterocycles. The van der Waals surface area contributed by atoms with Crippen LogP contribution in [-0.4, -0.2) is 61.6 Å². The topological polar surface area (TPSA) is 68.0 Å². The molecule has 0 aliphatic carbocycles. The molecule has 20 heavy (non-hydrogen) atoms. The van der Waals surface area contributed by atoms with E-state index in [1.54, 1.807) is 7.11 Å². The van der Waals surface area contributed by atoms with E-state index in [-0.39, 0.29) is 0 Å². The number of ether oxygens (including phenoxy) is 2. The molecule has 5 nitrogen and oxygen atoms in total. The van der Waals surface area contributed by atoms with Crippen LogP contribution < -0.4 is 10.5 Å². The Hall–Kier alpha value is -1.21. The van der Waals surface area contributed by atoms with Crippen molar-refractivity contribution in [3.8, 4) is 5.75 Å². The van der Waals surface area contributed by atoms with Crippen molar-refractivity contribution < 1.29 is 14.6 Å². The Morgan fingerprint density at radius 2 is 2.15 bits per heavy atom. The lowest BCUT2D eigenvalue weighted by Crippen LogP contribution is -2.34. The molecule has 6 heteroatoms. The molecule has 1 aromatic rings. The summed E-state index contributed by atoms with van der Waals surface area (Å²) in [5.41, 5.74) is 6.38. The highest BCUT2D eigenvalue weighted by molar-refractivity contribution is 7.80. The van der Waals surface area contributed by atoms with Gasteiger partial charge in [-0.3, -0.25) is 0 Å². The van der Waals surface area contributed by atoms with Gasteiger partial charge in [-0.25, -0.2) is 0 Å². The van der Waals surface area contributed by atoms with Gasteiger partial charge in [0.15, 0.2) is 0 Å². The zero-order valence-corrected chi connectivity index (χ0v) is 12.7. The second-order valence-electron chi connectivity index (χ2n) is 4.58. The Balaban J connectivity index is 2.39. The maximum absolute atomic E-state index is 9.61. The normalized spacial score (nSPS) is 12.4. The number of aliphatic hydroxyl groups is 1. The van der Waals surface area contributed by atoms with Crippen LogP contribution in [0.25, 0.3) is 0 Å². The maximum Gasteiger partial charge on any atom is 0.129 e. The molecule has 0 heterocycles. The highest BCUT2D eigenvalue weighted by Crippen LogP contribution is 2.17. The molecule has 0 aromatic heterocycles. The summed E-state index contributed by atoms with van der Waals surface area (Å²) in [6.07, 6.45) is -0.492. The number of thiocarbonyl (C=S) groups is 1. The Kier molecular flexibility index (Phi) is 7.46. The molecular weight excluding hydrogens is 276 g/mol. The molecule has 0 radical (unpaired) electrons. The lowest BCUT2D eigenvalue weighted by Gasteiger charge is -2.20. The monoisotopic (exact) mass is 298 g/mol. The molecule has 0 fully saturated rings. The van der Waals surface area contributed by atoms with Crippen LogP contribution in [0.2, 0.25) is 0 Å². The van der Waals surface area contributed by atoms with Crippen molar-refractivity contribution in [2.75, 3.05) is 40.5 Å². The van der Waals surface area contributed by atoms with Gasteiger partial charge in [0, 0.05) is 20.2 Å². The van der Waals surface area contributed by atoms with Crippen LogP contribution in [-0.2, 0) is 4.74 Å². The van der Waals surface area contributed by atoms with Gasteiger partial charge < -0.3 is 25.2 Å². The third-order valence-electron chi connectivity index (χ3n) is 2.76. The third kappa shape index (κ3) is 5.83. The van der Waals surface area contributed by atoms with Crippen molar-refractivity contribution in [3.63, 3.8) is 0 Å². The van der Waals surface area contributed by atoms with Crippen molar-refractivity contribution in [1.82, 2.24) is 4.90 Å². The number of likely N-dealkylation sites (N-methyl/N-ethyl adjacent to an activating group) is 1. The van der Waals surface area contributed by atoms with Crippen LogP contribution in [0.4, 0.5) is 0 Å². The summed E-state index contributed by atoms with van der Waals surface area (Å²) in [7, 11) is 3.49. The van der Waals surface area contributed by atoms with Crippen LogP contribution in [0.3, 0.4) is 0 Å². The molecule has 0 saturated carbocycles. The summed E-state index contributed by atoms with van der Waals surface area (Å²) in [5.74, 6) is 0.686. The SMILES string of the molecule is COCC(O)CN(C)CCOc1ccccc1C(N)=S. The predicted octanol–water partition coefficient (Wildman–Crippen LogP) is 0.639. The quantitative estimate of drug-likeness (QED) is 0.652. The van der Waals surface area contributed by atoms with Crippen molar-refractivity contribution in [2.24, 2.45) is 5.73 Å². The number of rotatable bonds is 9. The smallest absolute Gasteiger partial charge is 0.129 e. The fraction of sp³-hybridized carbons (Fsp3) is 0.500. The minimum Gasteiger partial charge on any atom is -0.492 e. The molecule has 1 unspecified atom stereocenters. The highest BCUT2D eigenvalue weighted by atomic mass is 32.1. The van der Waals surface area contributed by atoms with Gasteiger partial charge in [0.1, 0.15) is 17.3 Å². The zero-order chi connectivity index (χ0) is 15.0. The molecule has 1 atom stereocenters. The number of para-hydroxylation sites is 1. The lowest BCUT2D eigenvalue weighted by molar-refractivity contribution is 0.0410. The first-order chi connectivity index (χ1) is 9.54. The molecule has 0 spiro atoms. The Morgan fingerprint density at radius 1 is 1.45 bits per heavy atom. The van der Waals surface area contributed by atoms with Crippen molar-refractivity contribution in [1.29, 1.82) is 0 Å². The second-order valence-corrected chi connectivity index (χ2v) is 5.02. The van der Waals surface area contributed by atoms with Gasteiger partial charge in [-0.1, -0.05) is 24.4 Å². The van der Waals surface area contributed by atoms with Gasteiger partial charge in [0.05, 0.1) is 18.3 Å². The summed E-state index contributed by atoms with van der Waals surface area (Å²) in [6, 6.07) is 7.43. The van der Waals surface area contributed by atoms with E-state index in [1.807, 2.05) is 36.2 Å². The largest absolute Gasteiger partial charge is 0.492 e. The van der Waals surface area contributed by atoms with E-state index >= 15 is 0 Å². The van der Waals surface area contributed by atoms with Gasteiger partial charge in [-0.05, 0) is 19.2 Å². The first-order valence-electron chi connectivity index (χ1n) is 6.41. The van der Waals surface area contributed by atoms with Crippen LogP contribution in [0, 0.1) is 0 Å². The Morgan fingerprint density at radius 3 is 2.80 bits per heavy atom. The van der Waals surface area contributed by atoms with Crippen molar-refractivity contribution in [3.05, 3.63) is 29.8 Å². The third-order valence-corrected chi connectivity index (χ3v) is 2.98. The molecule has 112 valence electrons. The van der Waals surface area contributed by atoms with E-state index in [1.165, 1.54) is 0 Å². The van der Waals surface area contributed by atoms with Gasteiger partial charge >= 0.3 is 0 Å². The lowest BCUT2D eigenvalue weighted by atomic mass is 10.2. The number of benzene rings is 1. The van der Waals surface area contributed by atoms with E-state index in [2.05, 4.69) is 0 Å². The number of hydrogen-bond acceptors (Lipinski definition) is 5. The van der Waals surface area contributed by atoms with E-state index in [9.17, 15) is 5.11 Å². The van der Waals surface area contributed by atoms with Crippen LogP contribution in [0.1, 0.15) is 5.56 Å². The zero-order valence-electron chi connectivity index (χ0n) is 11.9. The summed E-state index contributed by atoms with van der Waals surface area (Å²) in [6.45, 7) is 2.05. The molecule has 0 amide bonds. The number of methoxy groups -OCH3 is 1. The fourth-order valence-electron chi connectivity index (χ4n) is 1.80. The molecule has 3 N–H and O–H groups in total. The van der Waals surface area contributed by atoms with Gasteiger partial charge in [-0.2, -0.15) is 0 Å². The number of nitrogens with zero attached hydrogens (tertiary/aromatic N) is 1. The molecule has 0 saturated heterocycles. The molecule has 0 bridgehead atoms. The molecule has 0 aliphatic rings. The minimum absolute atomic E-state index is 0.324. The van der Waals surface area contributed by atoms with Crippen molar-refractivity contribution in [2.45, 2.75) is 6.10 Å². The number of nitrogens with two attached hydrogens (primary N) is 1. The molecular formula is C14H22N2O3S. The standard InChI is InChI=1S/C14H22N2O3S/c1-16(9-11(17)10-18-2)7-8-19-13-6-4-3-5-12(13)14(15)20/h3-6,11,17H,7-10H2,1-2H3,(H2,15,20). The first kappa shape index (κ1) is 16.8. The first-order valence-corrected chi connectivity index (χ1v) is 6.82. The highest BCUT2D eigenvalue weighted by Gasteiger charge is 2.09. The van der Waals surface area contributed by atoms with Gasteiger partial charge in [0.2, 0.25) is 0 Å². The van der Waals surface area contributed by atoms with E-state index in [0.29, 0.717) is 37.0 Å². The molecule has 1 rings (SSSR count). The van der Waals surface area contributed by atoms with Gasteiger partial charge in [-0.15, -0.1) is 0 Å². The average molecular weight is 298 g/mol. The Bertz CT molecular complexity index is 429. The van der Waals surface area contributed by atoms with E-state index < -0.39 is 6.10 Å². The van der Waals surface area contributed by atoms with E-state index in [0.717, 1.165) is 5.56 Å². The average Bonchev–Trinajstić information content (AvgIpc) is 2.39. The Labute approximate surface area is 125 Å². The summed E-state index contributed by atoms with van der Waals surface area (Å²) >= 11 is 4.98. The van der Waals surface area contributed by atoms with Crippen LogP contribution in [0.5, 0.6) is 5.75 Å². The maximum atomic E-state index is 9.61. The predicted molar refractivity (Wildman–Crippen MR) is 83.2 cm³/mol. The molecule has 1 aromatic carbocycles. The number of hydrogen-bond donors (Lipinski definition) is 2. The van der Waals surface area contributed by atoms with Gasteiger partial charge in [0.25, 0.3) is 0 Å².